The SMILES string of the molecule is C[C@@H](C(=O)NCC1CCCCC1)[NH+]1CCN(c2ccccc2F)CC1. The lowest BCUT2D eigenvalue weighted by atomic mass is 9.89. The van der Waals surface area contributed by atoms with Crippen LogP contribution in [0.1, 0.15) is 39.0 Å². The van der Waals surface area contributed by atoms with Crippen molar-refractivity contribution in [2.75, 3.05) is 37.6 Å². The molecule has 1 aliphatic heterocycles. The molecule has 0 radical (unpaired) electrons. The molecule has 1 aromatic rings. The molecule has 2 N–H and O–H groups in total. The molecule has 138 valence electrons. The third-order valence-electron chi connectivity index (χ3n) is 5.89. The minimum absolute atomic E-state index is 0.0358. The molecule has 1 aromatic carbocycles. The highest BCUT2D eigenvalue weighted by atomic mass is 19.1. The highest BCUT2D eigenvalue weighted by Crippen LogP contribution is 2.22. The summed E-state index contributed by atoms with van der Waals surface area (Å²) >= 11 is 0. The molecule has 1 amide bonds. The topological polar surface area (TPSA) is 36.8 Å². The summed E-state index contributed by atoms with van der Waals surface area (Å²) in [6, 6.07) is 6.90. The molecule has 0 bridgehead atoms. The molecule has 5 heteroatoms. The third kappa shape index (κ3) is 4.72. The average Bonchev–Trinajstić information content (AvgIpc) is 2.67. The summed E-state index contributed by atoms with van der Waals surface area (Å²) in [7, 11) is 0. The second-order valence-electron chi connectivity index (χ2n) is 7.57. The number of rotatable bonds is 5. The number of carbonyl (C=O) groups excluding carboxylic acids is 1. The van der Waals surface area contributed by atoms with Gasteiger partial charge in [0, 0.05) is 6.54 Å². The molecule has 0 aromatic heterocycles. The summed E-state index contributed by atoms with van der Waals surface area (Å²) < 4.78 is 13.9. The van der Waals surface area contributed by atoms with Crippen LogP contribution in [0.3, 0.4) is 0 Å². The summed E-state index contributed by atoms with van der Waals surface area (Å²) in [5.41, 5.74) is 0.677. The highest BCUT2D eigenvalue weighted by Gasteiger charge is 2.30. The highest BCUT2D eigenvalue weighted by molar-refractivity contribution is 5.79. The second kappa shape index (κ2) is 8.65. The largest absolute Gasteiger partial charge is 0.358 e. The minimum Gasteiger partial charge on any atom is -0.358 e. The first-order valence-corrected chi connectivity index (χ1v) is 9.77. The fourth-order valence-electron chi connectivity index (χ4n) is 4.15. The molecule has 1 saturated carbocycles. The summed E-state index contributed by atoms with van der Waals surface area (Å²) in [6.45, 7) is 6.16. The molecule has 2 aliphatic rings. The molecule has 1 heterocycles. The Morgan fingerprint density at radius 2 is 1.92 bits per heavy atom. The molecule has 3 rings (SSSR count). The number of carbonyl (C=O) groups is 1. The average molecular weight is 348 g/mol. The van der Waals surface area contributed by atoms with E-state index in [1.54, 1.807) is 6.07 Å². The number of amides is 1. The Morgan fingerprint density at radius 1 is 1.24 bits per heavy atom. The number of nitrogens with zero attached hydrogens (tertiary/aromatic N) is 1. The maximum absolute atomic E-state index is 13.9. The first-order chi connectivity index (χ1) is 12.1. The Hall–Kier alpha value is -1.62. The molecule has 2 fully saturated rings. The predicted molar refractivity (Wildman–Crippen MR) is 98.4 cm³/mol. The van der Waals surface area contributed by atoms with E-state index in [9.17, 15) is 9.18 Å². The molecular formula is C20H31FN3O+. The lowest BCUT2D eigenvalue weighted by molar-refractivity contribution is -0.914. The molecule has 1 saturated heterocycles. The lowest BCUT2D eigenvalue weighted by Gasteiger charge is -2.36. The van der Waals surface area contributed by atoms with Crippen molar-refractivity contribution in [1.29, 1.82) is 0 Å². The molecule has 4 nitrogen and oxygen atoms in total. The zero-order valence-electron chi connectivity index (χ0n) is 15.3. The number of hydrogen-bond donors (Lipinski definition) is 2. The van der Waals surface area contributed by atoms with Gasteiger partial charge in [0.15, 0.2) is 6.04 Å². The molecule has 25 heavy (non-hydrogen) atoms. The van der Waals surface area contributed by atoms with Crippen LogP contribution in [0.2, 0.25) is 0 Å². The van der Waals surface area contributed by atoms with Gasteiger partial charge in [0.25, 0.3) is 5.91 Å². The number of piperazine rings is 1. The summed E-state index contributed by atoms with van der Waals surface area (Å²) in [5, 5.41) is 3.17. The van der Waals surface area contributed by atoms with Crippen molar-refractivity contribution in [3.63, 3.8) is 0 Å². The van der Waals surface area contributed by atoms with Crippen LogP contribution < -0.4 is 15.1 Å². The monoisotopic (exact) mass is 348 g/mol. The van der Waals surface area contributed by atoms with Gasteiger partial charge in [0.05, 0.1) is 31.9 Å². The van der Waals surface area contributed by atoms with Crippen LogP contribution in [0.15, 0.2) is 24.3 Å². The van der Waals surface area contributed by atoms with Crippen molar-refractivity contribution in [2.24, 2.45) is 5.92 Å². The van der Waals surface area contributed by atoms with Gasteiger partial charge in [0.1, 0.15) is 5.82 Å². The van der Waals surface area contributed by atoms with Crippen LogP contribution in [-0.4, -0.2) is 44.7 Å². The van der Waals surface area contributed by atoms with E-state index in [0.717, 1.165) is 32.7 Å². The smallest absolute Gasteiger partial charge is 0.278 e. The van der Waals surface area contributed by atoms with Gasteiger partial charge in [-0.05, 0) is 37.8 Å². The summed E-state index contributed by atoms with van der Waals surface area (Å²) in [5.74, 6) is 0.668. The van der Waals surface area contributed by atoms with Gasteiger partial charge in [-0.2, -0.15) is 0 Å². The van der Waals surface area contributed by atoms with Crippen molar-refractivity contribution in [3.05, 3.63) is 30.1 Å². The molecule has 1 atom stereocenters. The van der Waals surface area contributed by atoms with E-state index in [-0.39, 0.29) is 17.8 Å². The van der Waals surface area contributed by atoms with Crippen molar-refractivity contribution in [3.8, 4) is 0 Å². The van der Waals surface area contributed by atoms with Gasteiger partial charge in [-0.25, -0.2) is 4.39 Å². The zero-order valence-corrected chi connectivity index (χ0v) is 15.3. The fraction of sp³-hybridized carbons (Fsp3) is 0.650. The molecule has 1 aliphatic carbocycles. The first kappa shape index (κ1) is 18.2. The van der Waals surface area contributed by atoms with E-state index < -0.39 is 0 Å². The fourth-order valence-corrected chi connectivity index (χ4v) is 4.15. The standard InChI is InChI=1S/C20H30FN3O/c1-16(20(25)22-15-17-7-3-2-4-8-17)23-11-13-24(14-12-23)19-10-6-5-9-18(19)21/h5-6,9-10,16-17H,2-4,7-8,11-15H2,1H3,(H,22,25)/p+1/t16-/m0/s1. The van der Waals surface area contributed by atoms with Crippen LogP contribution in [-0.2, 0) is 4.79 Å². The number of quaternary nitrogens is 1. The van der Waals surface area contributed by atoms with Gasteiger partial charge >= 0.3 is 0 Å². The van der Waals surface area contributed by atoms with E-state index in [0.29, 0.717) is 11.6 Å². The number of hydrogen-bond acceptors (Lipinski definition) is 2. The van der Waals surface area contributed by atoms with Crippen molar-refractivity contribution >= 4 is 11.6 Å². The van der Waals surface area contributed by atoms with Crippen LogP contribution in [0.4, 0.5) is 10.1 Å². The van der Waals surface area contributed by atoms with E-state index in [4.69, 9.17) is 0 Å². The molecule has 0 unspecified atom stereocenters. The second-order valence-corrected chi connectivity index (χ2v) is 7.57. The number of nitrogens with one attached hydrogen (secondary N) is 2. The quantitative estimate of drug-likeness (QED) is 0.848. The Labute approximate surface area is 150 Å². The number of anilines is 1. The van der Waals surface area contributed by atoms with Gasteiger partial charge in [-0.15, -0.1) is 0 Å². The Morgan fingerprint density at radius 3 is 2.60 bits per heavy atom. The lowest BCUT2D eigenvalue weighted by Crippen LogP contribution is -3.19. The van der Waals surface area contributed by atoms with Gasteiger partial charge in [0.2, 0.25) is 0 Å². The maximum atomic E-state index is 13.9. The van der Waals surface area contributed by atoms with Gasteiger partial charge in [-0.3, -0.25) is 4.79 Å². The number of para-hydroxylation sites is 1. The first-order valence-electron chi connectivity index (χ1n) is 9.77. The summed E-state index contributed by atoms with van der Waals surface area (Å²) in [4.78, 5) is 15.9. The van der Waals surface area contributed by atoms with E-state index in [1.807, 2.05) is 19.1 Å². The maximum Gasteiger partial charge on any atom is 0.278 e. The Kier molecular flexibility index (Phi) is 6.29. The molecular weight excluding hydrogens is 317 g/mol. The van der Waals surface area contributed by atoms with Crippen LogP contribution in [0, 0.1) is 11.7 Å². The van der Waals surface area contributed by atoms with E-state index in [1.165, 1.54) is 43.1 Å². The third-order valence-corrected chi connectivity index (χ3v) is 5.89. The molecule has 0 spiro atoms. The van der Waals surface area contributed by atoms with Crippen molar-refractivity contribution in [1.82, 2.24) is 5.32 Å². The van der Waals surface area contributed by atoms with E-state index >= 15 is 0 Å². The van der Waals surface area contributed by atoms with Crippen LogP contribution in [0.25, 0.3) is 0 Å². The number of benzene rings is 1. The van der Waals surface area contributed by atoms with Crippen molar-refractivity contribution in [2.45, 2.75) is 45.1 Å². The van der Waals surface area contributed by atoms with E-state index in [2.05, 4.69) is 10.2 Å². The predicted octanol–water partition coefficient (Wildman–Crippen LogP) is 1.62. The zero-order chi connectivity index (χ0) is 17.6. The van der Waals surface area contributed by atoms with Gasteiger partial charge < -0.3 is 15.1 Å². The van der Waals surface area contributed by atoms with Crippen molar-refractivity contribution < 1.29 is 14.1 Å². The Bertz CT molecular complexity index is 566. The normalized spacial score (nSPS) is 21.1. The van der Waals surface area contributed by atoms with Crippen LogP contribution in [0.5, 0.6) is 0 Å². The number of halogens is 1. The Balaban J connectivity index is 1.45. The summed E-state index contributed by atoms with van der Waals surface area (Å²) in [6.07, 6.45) is 6.46. The van der Waals surface area contributed by atoms with Gasteiger partial charge in [-0.1, -0.05) is 31.4 Å². The van der Waals surface area contributed by atoms with Crippen LogP contribution >= 0.6 is 0 Å². The minimum atomic E-state index is -0.163.